The number of aromatic nitrogens is 2. The minimum atomic E-state index is -1.42. The molecule has 2 aromatic carbocycles. The number of benzene rings is 2. The van der Waals surface area contributed by atoms with Crippen molar-refractivity contribution in [2.24, 2.45) is 0 Å². The quantitative estimate of drug-likeness (QED) is 0.709. The molecule has 0 unspecified atom stereocenters. The van der Waals surface area contributed by atoms with E-state index in [0.717, 1.165) is 35.4 Å². The van der Waals surface area contributed by atoms with E-state index in [1.54, 1.807) is 12.1 Å². The molecule has 3 aromatic rings. The highest BCUT2D eigenvalue weighted by Crippen LogP contribution is 2.18. The van der Waals surface area contributed by atoms with Crippen LogP contribution in [0.5, 0.6) is 0 Å². The number of nitrogens with zero attached hydrogens (tertiary/aromatic N) is 2. The van der Waals surface area contributed by atoms with Crippen LogP contribution in [0.2, 0.25) is 0 Å². The molecule has 0 saturated carbocycles. The predicted octanol–water partition coefficient (Wildman–Crippen LogP) is 1.33. The fourth-order valence-corrected chi connectivity index (χ4v) is 2.55. The van der Waals surface area contributed by atoms with E-state index in [-0.39, 0.29) is 0 Å². The van der Waals surface area contributed by atoms with Crippen molar-refractivity contribution >= 4 is 23.6 Å². The summed E-state index contributed by atoms with van der Waals surface area (Å²) < 4.78 is 2.21. The molecular weight excluding hydrogens is 263 g/mol. The van der Waals surface area contributed by atoms with Crippen LogP contribution in [0.25, 0.3) is 11.0 Å². The molecule has 0 bridgehead atoms. The molecule has 0 amide bonds. The average Bonchev–Trinajstić information content (AvgIpc) is 2.86. The smallest absolute Gasteiger partial charge is 0.423 e. The molecule has 0 atom stereocenters. The van der Waals surface area contributed by atoms with E-state index in [4.69, 9.17) is 10.0 Å². The fraction of sp³-hybridized carbons (Fsp3) is 0.188. The van der Waals surface area contributed by atoms with Crippen molar-refractivity contribution in [2.75, 3.05) is 0 Å². The zero-order valence-electron chi connectivity index (χ0n) is 11.9. The van der Waals surface area contributed by atoms with Gasteiger partial charge in [0, 0.05) is 13.0 Å². The van der Waals surface area contributed by atoms with E-state index in [0.29, 0.717) is 5.46 Å². The zero-order valence-corrected chi connectivity index (χ0v) is 11.9. The van der Waals surface area contributed by atoms with Gasteiger partial charge < -0.3 is 14.6 Å². The van der Waals surface area contributed by atoms with Gasteiger partial charge in [0.15, 0.2) is 0 Å². The Morgan fingerprint density at radius 1 is 1.05 bits per heavy atom. The molecule has 4 nitrogen and oxygen atoms in total. The lowest BCUT2D eigenvalue weighted by Gasteiger charge is -2.09. The number of para-hydroxylation sites is 2. The molecule has 0 radical (unpaired) electrons. The summed E-state index contributed by atoms with van der Waals surface area (Å²) in [5.74, 6) is 1.06. The summed E-state index contributed by atoms with van der Waals surface area (Å²) >= 11 is 0. The van der Waals surface area contributed by atoms with Crippen LogP contribution in [0.15, 0.2) is 48.5 Å². The van der Waals surface area contributed by atoms with Crippen LogP contribution in [-0.2, 0) is 13.0 Å². The van der Waals surface area contributed by atoms with Gasteiger partial charge in [-0.05, 0) is 23.2 Å². The highest BCUT2D eigenvalue weighted by molar-refractivity contribution is 6.58. The topological polar surface area (TPSA) is 58.3 Å². The molecule has 2 N–H and O–H groups in total. The summed E-state index contributed by atoms with van der Waals surface area (Å²) in [5.41, 5.74) is 3.75. The highest BCUT2D eigenvalue weighted by atomic mass is 16.4. The molecule has 1 heterocycles. The van der Waals surface area contributed by atoms with Gasteiger partial charge in [-0.2, -0.15) is 0 Å². The summed E-state index contributed by atoms with van der Waals surface area (Å²) in [6.07, 6.45) is 0.877. The average molecular weight is 280 g/mol. The van der Waals surface area contributed by atoms with E-state index in [1.807, 2.05) is 30.3 Å². The lowest BCUT2D eigenvalue weighted by Crippen LogP contribution is -2.29. The Morgan fingerprint density at radius 3 is 2.43 bits per heavy atom. The first kappa shape index (κ1) is 13.9. The SMILES string of the molecule is CCc1nc2ccccc2n1Cc1ccc(B(O)O)cc1. The molecule has 0 saturated heterocycles. The van der Waals surface area contributed by atoms with Crippen molar-refractivity contribution < 1.29 is 10.0 Å². The van der Waals surface area contributed by atoms with Gasteiger partial charge in [-0.1, -0.05) is 43.3 Å². The maximum Gasteiger partial charge on any atom is 0.488 e. The Balaban J connectivity index is 1.97. The molecular formula is C16H17BN2O2. The molecule has 0 spiro atoms. The largest absolute Gasteiger partial charge is 0.488 e. The Labute approximate surface area is 123 Å². The monoisotopic (exact) mass is 280 g/mol. The van der Waals surface area contributed by atoms with Crippen molar-refractivity contribution in [3.63, 3.8) is 0 Å². The van der Waals surface area contributed by atoms with Gasteiger partial charge in [0.2, 0.25) is 0 Å². The Hall–Kier alpha value is -2.11. The first-order chi connectivity index (χ1) is 10.2. The molecule has 3 rings (SSSR count). The van der Waals surface area contributed by atoms with E-state index in [2.05, 4.69) is 22.5 Å². The van der Waals surface area contributed by atoms with Crippen LogP contribution in [0.1, 0.15) is 18.3 Å². The lowest BCUT2D eigenvalue weighted by molar-refractivity contribution is 0.426. The maximum absolute atomic E-state index is 9.14. The van der Waals surface area contributed by atoms with Crippen molar-refractivity contribution in [1.82, 2.24) is 9.55 Å². The van der Waals surface area contributed by atoms with E-state index < -0.39 is 7.12 Å². The van der Waals surface area contributed by atoms with Gasteiger partial charge in [-0.3, -0.25) is 0 Å². The Bertz CT molecular complexity index is 751. The van der Waals surface area contributed by atoms with E-state index in [1.165, 1.54) is 0 Å². The van der Waals surface area contributed by atoms with E-state index >= 15 is 0 Å². The predicted molar refractivity (Wildman–Crippen MR) is 84.5 cm³/mol. The first-order valence-electron chi connectivity index (χ1n) is 7.08. The second kappa shape index (κ2) is 5.72. The minimum absolute atomic E-state index is 0.505. The molecule has 5 heteroatoms. The van der Waals surface area contributed by atoms with Crippen molar-refractivity contribution in [3.8, 4) is 0 Å². The van der Waals surface area contributed by atoms with Crippen LogP contribution in [-0.4, -0.2) is 26.7 Å². The maximum atomic E-state index is 9.14. The van der Waals surface area contributed by atoms with Gasteiger partial charge >= 0.3 is 7.12 Å². The third-order valence-electron chi connectivity index (χ3n) is 3.67. The Morgan fingerprint density at radius 2 is 1.76 bits per heavy atom. The molecule has 1 aromatic heterocycles. The van der Waals surface area contributed by atoms with Crippen LogP contribution >= 0.6 is 0 Å². The second-order valence-electron chi connectivity index (χ2n) is 5.07. The molecule has 0 aliphatic carbocycles. The normalized spacial score (nSPS) is 11.0. The van der Waals surface area contributed by atoms with E-state index in [9.17, 15) is 0 Å². The fourth-order valence-electron chi connectivity index (χ4n) is 2.55. The van der Waals surface area contributed by atoms with Crippen molar-refractivity contribution in [1.29, 1.82) is 0 Å². The van der Waals surface area contributed by atoms with Gasteiger partial charge in [0.1, 0.15) is 5.82 Å². The number of hydrogen-bond acceptors (Lipinski definition) is 3. The summed E-state index contributed by atoms with van der Waals surface area (Å²) in [6, 6.07) is 15.4. The third-order valence-corrected chi connectivity index (χ3v) is 3.67. The molecule has 0 aliphatic heterocycles. The molecule has 0 fully saturated rings. The summed E-state index contributed by atoms with van der Waals surface area (Å²) in [5, 5.41) is 18.3. The molecule has 0 aliphatic rings. The third kappa shape index (κ3) is 2.70. The van der Waals surface area contributed by atoms with Crippen LogP contribution in [0.4, 0.5) is 0 Å². The standard InChI is InChI=1S/C16H17BN2O2/c1-2-16-18-14-5-3-4-6-15(14)19(16)11-12-7-9-13(10-8-12)17(20)21/h3-10,20-21H,2,11H2,1H3. The number of rotatable bonds is 4. The number of hydrogen-bond donors (Lipinski definition) is 2. The summed E-state index contributed by atoms with van der Waals surface area (Å²) in [4.78, 5) is 4.66. The highest BCUT2D eigenvalue weighted by Gasteiger charge is 2.12. The summed E-state index contributed by atoms with van der Waals surface area (Å²) in [6.45, 7) is 2.83. The van der Waals surface area contributed by atoms with Crippen LogP contribution in [0, 0.1) is 0 Å². The van der Waals surface area contributed by atoms with Crippen LogP contribution < -0.4 is 5.46 Å². The zero-order chi connectivity index (χ0) is 14.8. The van der Waals surface area contributed by atoms with Gasteiger partial charge in [0.25, 0.3) is 0 Å². The molecule has 21 heavy (non-hydrogen) atoms. The second-order valence-corrected chi connectivity index (χ2v) is 5.07. The lowest BCUT2D eigenvalue weighted by atomic mass is 9.80. The van der Waals surface area contributed by atoms with Gasteiger partial charge in [0.05, 0.1) is 11.0 Å². The van der Waals surface area contributed by atoms with Gasteiger partial charge in [-0.25, -0.2) is 4.98 Å². The van der Waals surface area contributed by atoms with Crippen molar-refractivity contribution in [2.45, 2.75) is 19.9 Å². The minimum Gasteiger partial charge on any atom is -0.423 e. The van der Waals surface area contributed by atoms with Crippen molar-refractivity contribution in [3.05, 3.63) is 59.9 Å². The first-order valence-corrected chi connectivity index (χ1v) is 7.08. The van der Waals surface area contributed by atoms with Gasteiger partial charge in [-0.15, -0.1) is 0 Å². The number of aryl methyl sites for hydroxylation is 1. The summed E-state index contributed by atoms with van der Waals surface area (Å²) in [7, 11) is -1.42. The number of fused-ring (bicyclic) bond motifs is 1. The number of imidazole rings is 1. The van der Waals surface area contributed by atoms with Crippen LogP contribution in [0.3, 0.4) is 0 Å². The Kier molecular flexibility index (Phi) is 3.77. The molecule has 106 valence electrons.